The molecular weight excluding hydrogens is 307 g/mol. The van der Waals surface area contributed by atoms with Crippen LogP contribution >= 0.6 is 0 Å². The molecule has 3 nitrogen and oxygen atoms in total. The molecule has 23 heavy (non-hydrogen) atoms. The van der Waals surface area contributed by atoms with Crippen LogP contribution in [-0.4, -0.2) is 19.1 Å². The van der Waals surface area contributed by atoms with Gasteiger partial charge in [0.15, 0.2) is 0 Å². The van der Waals surface area contributed by atoms with Gasteiger partial charge in [0.05, 0.1) is 11.6 Å². The average Bonchev–Trinajstić information content (AvgIpc) is 2.52. The Kier molecular flexibility index (Phi) is 5.68. The Bertz CT molecular complexity index is 537. The Hall–Kier alpha value is -1.56. The molecule has 0 radical (unpaired) electrons. The molecule has 1 atom stereocenters. The number of rotatable bonds is 4. The zero-order valence-electron chi connectivity index (χ0n) is 13.3. The fourth-order valence-corrected chi connectivity index (χ4v) is 2.77. The van der Waals surface area contributed by atoms with Gasteiger partial charge in [-0.1, -0.05) is 26.0 Å². The van der Waals surface area contributed by atoms with Gasteiger partial charge in [-0.2, -0.15) is 13.2 Å². The summed E-state index contributed by atoms with van der Waals surface area (Å²) in [6.45, 7) is 4.87. The van der Waals surface area contributed by atoms with Crippen molar-refractivity contribution in [3.05, 3.63) is 35.4 Å². The highest BCUT2D eigenvalue weighted by atomic mass is 19.4. The third-order valence-corrected chi connectivity index (χ3v) is 4.13. The highest BCUT2D eigenvalue weighted by Gasteiger charge is 2.32. The van der Waals surface area contributed by atoms with Gasteiger partial charge in [-0.15, -0.1) is 0 Å². The summed E-state index contributed by atoms with van der Waals surface area (Å²) in [5, 5.41) is 2.92. The van der Waals surface area contributed by atoms with E-state index in [1.165, 1.54) is 6.07 Å². The number of amides is 1. The minimum atomic E-state index is -4.39. The number of carbonyl (C=O) groups is 1. The Morgan fingerprint density at radius 3 is 2.48 bits per heavy atom. The predicted octanol–water partition coefficient (Wildman–Crippen LogP) is 3.95. The molecule has 128 valence electrons. The van der Waals surface area contributed by atoms with Crippen LogP contribution in [0.2, 0.25) is 0 Å². The summed E-state index contributed by atoms with van der Waals surface area (Å²) >= 11 is 0. The second-order valence-electron chi connectivity index (χ2n) is 6.24. The maximum atomic E-state index is 12.9. The Balaban J connectivity index is 2.16. The topological polar surface area (TPSA) is 38.3 Å². The number of hydrogen-bond acceptors (Lipinski definition) is 2. The molecule has 0 bridgehead atoms. The third-order valence-electron chi connectivity index (χ3n) is 4.13. The third kappa shape index (κ3) is 4.70. The Morgan fingerprint density at radius 1 is 1.26 bits per heavy atom. The average molecular weight is 329 g/mol. The zero-order valence-corrected chi connectivity index (χ0v) is 13.3. The predicted molar refractivity (Wildman–Crippen MR) is 80.7 cm³/mol. The van der Waals surface area contributed by atoms with Crippen molar-refractivity contribution in [2.75, 3.05) is 13.2 Å². The smallest absolute Gasteiger partial charge is 0.381 e. The standard InChI is InChI=1S/C17H22F3NO2/c1-11(2)15(21-16(22)12-6-8-23-9-7-12)13-4-3-5-14(10-13)17(18,19)20/h3-5,10-12,15H,6-9H2,1-2H3,(H,21,22). The van der Waals surface area contributed by atoms with Crippen LogP contribution in [0.15, 0.2) is 24.3 Å². The lowest BCUT2D eigenvalue weighted by atomic mass is 9.92. The summed E-state index contributed by atoms with van der Waals surface area (Å²) in [7, 11) is 0. The zero-order chi connectivity index (χ0) is 17.0. The molecule has 2 rings (SSSR count). The van der Waals surface area contributed by atoms with E-state index in [9.17, 15) is 18.0 Å². The number of halogens is 3. The van der Waals surface area contributed by atoms with Gasteiger partial charge < -0.3 is 10.1 Å². The molecule has 1 aliphatic heterocycles. The monoisotopic (exact) mass is 329 g/mol. The quantitative estimate of drug-likeness (QED) is 0.908. The second-order valence-corrected chi connectivity index (χ2v) is 6.24. The van der Waals surface area contributed by atoms with E-state index in [2.05, 4.69) is 5.32 Å². The molecule has 1 fully saturated rings. The maximum absolute atomic E-state index is 12.9. The van der Waals surface area contributed by atoms with E-state index in [0.29, 0.717) is 31.6 Å². The Labute approximate surface area is 134 Å². The summed E-state index contributed by atoms with van der Waals surface area (Å²) < 4.78 is 43.9. The summed E-state index contributed by atoms with van der Waals surface area (Å²) in [6, 6.07) is 4.74. The molecule has 1 aromatic rings. The minimum absolute atomic E-state index is 0.0118. The minimum Gasteiger partial charge on any atom is -0.381 e. The van der Waals surface area contributed by atoms with E-state index in [-0.39, 0.29) is 17.7 Å². The molecule has 1 unspecified atom stereocenters. The van der Waals surface area contributed by atoms with E-state index >= 15 is 0 Å². The number of nitrogens with one attached hydrogen (secondary N) is 1. The van der Waals surface area contributed by atoms with Crippen LogP contribution in [0, 0.1) is 11.8 Å². The van der Waals surface area contributed by atoms with Crippen molar-refractivity contribution >= 4 is 5.91 Å². The fourth-order valence-electron chi connectivity index (χ4n) is 2.77. The van der Waals surface area contributed by atoms with Crippen molar-refractivity contribution in [2.45, 2.75) is 38.9 Å². The summed E-state index contributed by atoms with van der Waals surface area (Å²) in [4.78, 5) is 12.4. The van der Waals surface area contributed by atoms with Crippen LogP contribution in [0.1, 0.15) is 43.9 Å². The lowest BCUT2D eigenvalue weighted by Crippen LogP contribution is -2.38. The first-order valence-electron chi connectivity index (χ1n) is 7.84. The molecule has 6 heteroatoms. The van der Waals surface area contributed by atoms with E-state index in [1.807, 2.05) is 13.8 Å². The highest BCUT2D eigenvalue weighted by Crippen LogP contribution is 2.32. The SMILES string of the molecule is CC(C)C(NC(=O)C1CCOCC1)c1cccc(C(F)(F)F)c1. The summed E-state index contributed by atoms with van der Waals surface area (Å²) in [5.41, 5.74) is -0.212. The van der Waals surface area contributed by atoms with Gasteiger partial charge in [0.2, 0.25) is 5.91 Å². The molecule has 1 heterocycles. The van der Waals surface area contributed by atoms with Gasteiger partial charge >= 0.3 is 6.18 Å². The molecule has 0 spiro atoms. The van der Waals surface area contributed by atoms with Gasteiger partial charge in [0.1, 0.15) is 0 Å². The lowest BCUT2D eigenvalue weighted by Gasteiger charge is -2.28. The van der Waals surface area contributed by atoms with Crippen molar-refractivity contribution in [3.63, 3.8) is 0 Å². The van der Waals surface area contributed by atoms with Gasteiger partial charge in [-0.3, -0.25) is 4.79 Å². The van der Waals surface area contributed by atoms with Crippen molar-refractivity contribution in [3.8, 4) is 0 Å². The molecule has 0 saturated carbocycles. The van der Waals surface area contributed by atoms with Crippen molar-refractivity contribution in [1.29, 1.82) is 0 Å². The normalized spacial score (nSPS) is 18.0. The largest absolute Gasteiger partial charge is 0.416 e. The van der Waals surface area contributed by atoms with Gasteiger partial charge in [0, 0.05) is 19.1 Å². The van der Waals surface area contributed by atoms with Crippen molar-refractivity contribution in [2.24, 2.45) is 11.8 Å². The van der Waals surface area contributed by atoms with Crippen LogP contribution in [0.5, 0.6) is 0 Å². The summed E-state index contributed by atoms with van der Waals surface area (Å²) in [6.07, 6.45) is -3.08. The first-order chi connectivity index (χ1) is 10.8. The van der Waals surface area contributed by atoms with Gasteiger partial charge in [-0.25, -0.2) is 0 Å². The molecule has 0 aromatic heterocycles. The van der Waals surface area contributed by atoms with Crippen LogP contribution in [0.4, 0.5) is 13.2 Å². The first-order valence-corrected chi connectivity index (χ1v) is 7.84. The van der Waals surface area contributed by atoms with Crippen LogP contribution in [-0.2, 0) is 15.7 Å². The second kappa shape index (κ2) is 7.34. The molecule has 1 aromatic carbocycles. The van der Waals surface area contributed by atoms with Gasteiger partial charge in [0.25, 0.3) is 0 Å². The number of hydrogen-bond donors (Lipinski definition) is 1. The molecular formula is C17H22F3NO2. The number of ether oxygens (including phenoxy) is 1. The number of alkyl halides is 3. The fraction of sp³-hybridized carbons (Fsp3) is 0.588. The van der Waals surface area contributed by atoms with Crippen LogP contribution < -0.4 is 5.32 Å². The lowest BCUT2D eigenvalue weighted by molar-refractivity contribution is -0.137. The van der Waals surface area contributed by atoms with Crippen LogP contribution in [0.3, 0.4) is 0 Å². The molecule has 1 aliphatic rings. The summed E-state index contributed by atoms with van der Waals surface area (Å²) in [5.74, 6) is -0.248. The molecule has 0 aliphatic carbocycles. The molecule has 1 N–H and O–H groups in total. The first kappa shape index (κ1) is 17.8. The number of carbonyl (C=O) groups excluding carboxylic acids is 1. The molecule has 1 amide bonds. The van der Waals surface area contributed by atoms with Crippen LogP contribution in [0.25, 0.3) is 0 Å². The van der Waals surface area contributed by atoms with Crippen molar-refractivity contribution in [1.82, 2.24) is 5.32 Å². The number of benzene rings is 1. The highest BCUT2D eigenvalue weighted by molar-refractivity contribution is 5.79. The van der Waals surface area contributed by atoms with Gasteiger partial charge in [-0.05, 0) is 36.5 Å². The maximum Gasteiger partial charge on any atom is 0.416 e. The van der Waals surface area contributed by atoms with E-state index in [4.69, 9.17) is 4.74 Å². The van der Waals surface area contributed by atoms with E-state index in [0.717, 1.165) is 12.1 Å². The van der Waals surface area contributed by atoms with Crippen molar-refractivity contribution < 1.29 is 22.7 Å². The Morgan fingerprint density at radius 2 is 1.91 bits per heavy atom. The van der Waals surface area contributed by atoms with E-state index < -0.39 is 17.8 Å². The van der Waals surface area contributed by atoms with E-state index in [1.54, 1.807) is 6.07 Å². The molecule has 1 saturated heterocycles.